The van der Waals surface area contributed by atoms with Gasteiger partial charge in [0, 0.05) is 5.22 Å². The topological polar surface area (TPSA) is 157 Å². The molecule has 1 saturated carbocycles. The summed E-state index contributed by atoms with van der Waals surface area (Å²) < 4.78 is 1.53. The Hall–Kier alpha value is -3.21. The van der Waals surface area contributed by atoms with Crippen molar-refractivity contribution in [2.45, 2.75) is 38.8 Å². The molecule has 3 aromatic heterocycles. The van der Waals surface area contributed by atoms with Crippen molar-refractivity contribution in [2.24, 2.45) is 10.9 Å². The number of rotatable bonds is 6. The van der Waals surface area contributed by atoms with Gasteiger partial charge in [0.05, 0.1) is 24.9 Å². The molecular weight excluding hydrogens is 364 g/mol. The summed E-state index contributed by atoms with van der Waals surface area (Å²) in [5.41, 5.74) is 0.606. The second kappa shape index (κ2) is 7.08. The van der Waals surface area contributed by atoms with Crippen LogP contribution in [-0.2, 0) is 0 Å². The second-order valence-corrected chi connectivity index (χ2v) is 7.21. The molecule has 1 aliphatic carbocycles. The molecular formula is C17H22N8O3. The molecule has 5 N–H and O–H groups in total. The number of fused-ring (bicyclic) bond motifs is 1. The molecule has 148 valence electrons. The molecule has 4 rings (SSSR count). The van der Waals surface area contributed by atoms with Crippen molar-refractivity contribution in [1.29, 1.82) is 0 Å². The lowest BCUT2D eigenvalue weighted by atomic mass is 10.1. The fourth-order valence-corrected chi connectivity index (χ4v) is 2.73. The summed E-state index contributed by atoms with van der Waals surface area (Å²) in [4.78, 5) is 29.7. The number of aliphatic hydroxyl groups is 1. The summed E-state index contributed by atoms with van der Waals surface area (Å²) in [6, 6.07) is 0.0167. The van der Waals surface area contributed by atoms with Gasteiger partial charge in [-0.15, -0.1) is 0 Å². The Bertz CT molecular complexity index is 1170. The van der Waals surface area contributed by atoms with Crippen LogP contribution in [0.25, 0.3) is 11.7 Å². The van der Waals surface area contributed by atoms with Crippen LogP contribution in [0.2, 0.25) is 0 Å². The van der Waals surface area contributed by atoms with Crippen molar-refractivity contribution in [3.05, 3.63) is 33.2 Å². The molecule has 3 aromatic rings. The van der Waals surface area contributed by atoms with Gasteiger partial charge in [-0.2, -0.15) is 19.6 Å². The highest BCUT2D eigenvalue weighted by Gasteiger charge is 2.21. The molecule has 0 radical (unpaired) electrons. The van der Waals surface area contributed by atoms with Gasteiger partial charge < -0.3 is 20.5 Å². The van der Waals surface area contributed by atoms with Crippen molar-refractivity contribution in [3.8, 4) is 5.88 Å². The van der Waals surface area contributed by atoms with Crippen LogP contribution in [0.4, 0.5) is 5.95 Å². The summed E-state index contributed by atoms with van der Waals surface area (Å²) in [7, 11) is 0. The van der Waals surface area contributed by atoms with E-state index in [2.05, 4.69) is 35.3 Å². The Labute approximate surface area is 158 Å². The van der Waals surface area contributed by atoms with E-state index in [0.29, 0.717) is 22.4 Å². The fourth-order valence-electron chi connectivity index (χ4n) is 2.73. The van der Waals surface area contributed by atoms with Crippen molar-refractivity contribution >= 4 is 17.7 Å². The van der Waals surface area contributed by atoms with Gasteiger partial charge in [-0.3, -0.25) is 4.98 Å². The Morgan fingerprint density at radius 1 is 1.39 bits per heavy atom. The largest absolute Gasteiger partial charge is 0.493 e. The zero-order valence-corrected chi connectivity index (χ0v) is 15.5. The van der Waals surface area contributed by atoms with Gasteiger partial charge in [0.2, 0.25) is 11.8 Å². The number of hydrogen-bond donors (Lipinski definition) is 5. The maximum atomic E-state index is 11.4. The molecule has 28 heavy (non-hydrogen) atoms. The second-order valence-electron chi connectivity index (χ2n) is 7.21. The van der Waals surface area contributed by atoms with E-state index in [0.717, 1.165) is 12.8 Å². The summed E-state index contributed by atoms with van der Waals surface area (Å²) >= 11 is 0. The zero-order chi connectivity index (χ0) is 19.8. The molecule has 0 unspecified atom stereocenters. The zero-order valence-electron chi connectivity index (χ0n) is 15.5. The first-order chi connectivity index (χ1) is 13.4. The third-order valence-electron chi connectivity index (χ3n) is 4.57. The number of anilines is 1. The van der Waals surface area contributed by atoms with Gasteiger partial charge in [0.15, 0.2) is 5.65 Å². The smallest absolute Gasteiger partial charge is 0.326 e. The van der Waals surface area contributed by atoms with Crippen LogP contribution in [0.15, 0.2) is 16.0 Å². The molecule has 0 amide bonds. The number of hydrogen-bond acceptors (Lipinski definition) is 8. The lowest BCUT2D eigenvalue weighted by Gasteiger charge is -2.19. The van der Waals surface area contributed by atoms with Crippen LogP contribution in [0.1, 0.15) is 32.4 Å². The van der Waals surface area contributed by atoms with Crippen molar-refractivity contribution in [1.82, 2.24) is 29.5 Å². The van der Waals surface area contributed by atoms with E-state index < -0.39 is 5.69 Å². The standard InChI is InChI=1S/C17H22N8O3/c1-8(2)12(7-26)20-15-22-13-9(5-11-14(27)23-17(28)21-11)6-18-25(13)16(24-15)19-10-3-4-10/h5-6,8,10,12,26-27H,3-4,7H2,1-2H3,(H,19,20,24)(H2,21,23,28)/b9-5+/t12-/m0/s1. The van der Waals surface area contributed by atoms with Gasteiger partial charge in [-0.25, -0.2) is 9.79 Å². The van der Waals surface area contributed by atoms with E-state index in [1.807, 2.05) is 13.8 Å². The number of aromatic nitrogens is 6. The fraction of sp³-hybridized carbons (Fsp3) is 0.471. The molecule has 0 aromatic carbocycles. The quantitative estimate of drug-likeness (QED) is 0.359. The number of H-pyrrole nitrogens is 2. The molecule has 11 heteroatoms. The van der Waals surface area contributed by atoms with Crippen LogP contribution in [-0.4, -0.2) is 58.5 Å². The highest BCUT2D eigenvalue weighted by atomic mass is 16.3. The van der Waals surface area contributed by atoms with E-state index in [4.69, 9.17) is 0 Å². The summed E-state index contributed by atoms with van der Waals surface area (Å²) in [6.07, 6.45) is 5.16. The first-order valence-corrected chi connectivity index (χ1v) is 9.14. The highest BCUT2D eigenvalue weighted by Crippen LogP contribution is 2.22. The van der Waals surface area contributed by atoms with Gasteiger partial charge in [0.1, 0.15) is 5.69 Å². The number of nitrogens with one attached hydrogen (secondary N) is 3. The highest BCUT2D eigenvalue weighted by molar-refractivity contribution is 5.57. The first-order valence-electron chi connectivity index (χ1n) is 9.14. The number of nitrogens with zero attached hydrogens (tertiary/aromatic N) is 5. The molecule has 0 aliphatic heterocycles. The van der Waals surface area contributed by atoms with Crippen LogP contribution < -0.4 is 21.8 Å². The minimum Gasteiger partial charge on any atom is -0.493 e. The van der Waals surface area contributed by atoms with Crippen LogP contribution in [0.5, 0.6) is 5.88 Å². The van der Waals surface area contributed by atoms with E-state index in [-0.39, 0.29) is 36.2 Å². The van der Waals surface area contributed by atoms with Gasteiger partial charge in [-0.1, -0.05) is 13.8 Å². The Kier molecular flexibility index (Phi) is 4.59. The Morgan fingerprint density at radius 2 is 2.18 bits per heavy atom. The minimum absolute atomic E-state index is 0.0575. The molecule has 1 aliphatic rings. The van der Waals surface area contributed by atoms with Crippen LogP contribution in [0, 0.1) is 5.92 Å². The van der Waals surface area contributed by atoms with Crippen molar-refractivity contribution in [2.75, 3.05) is 11.9 Å². The average molecular weight is 386 g/mol. The van der Waals surface area contributed by atoms with Crippen LogP contribution >= 0.6 is 0 Å². The summed E-state index contributed by atoms with van der Waals surface area (Å²) in [5.74, 6) is 0.243. The summed E-state index contributed by atoms with van der Waals surface area (Å²) in [5, 5.41) is 27.5. The Balaban J connectivity index is 1.88. The normalized spacial score (nSPS) is 17.0. The summed E-state index contributed by atoms with van der Waals surface area (Å²) in [6.45, 7) is 3.92. The van der Waals surface area contributed by atoms with Crippen molar-refractivity contribution in [3.63, 3.8) is 0 Å². The molecule has 0 saturated heterocycles. The number of imidazole rings is 1. The molecule has 1 fully saturated rings. The van der Waals surface area contributed by atoms with E-state index in [9.17, 15) is 15.0 Å². The van der Waals surface area contributed by atoms with Gasteiger partial charge >= 0.3 is 5.69 Å². The minimum atomic E-state index is -0.510. The third-order valence-corrected chi connectivity index (χ3v) is 4.57. The third kappa shape index (κ3) is 3.60. The first kappa shape index (κ1) is 18.2. The van der Waals surface area contributed by atoms with E-state index >= 15 is 0 Å². The SMILES string of the molecule is CC(C)[C@H](CO)Nc1nc(=NC2CC2)n2nc/c(=C\c3[nH]c(=O)[nH]c3O)c2n1. The van der Waals surface area contributed by atoms with Crippen LogP contribution in [0.3, 0.4) is 0 Å². The molecule has 0 bridgehead atoms. The lowest BCUT2D eigenvalue weighted by molar-refractivity contribution is 0.248. The number of aromatic amines is 2. The van der Waals surface area contributed by atoms with Gasteiger partial charge in [-0.05, 0) is 24.8 Å². The molecule has 11 nitrogen and oxygen atoms in total. The maximum absolute atomic E-state index is 11.4. The lowest BCUT2D eigenvalue weighted by Crippen LogP contribution is -2.33. The maximum Gasteiger partial charge on any atom is 0.326 e. The monoisotopic (exact) mass is 386 g/mol. The van der Waals surface area contributed by atoms with E-state index in [1.54, 1.807) is 12.3 Å². The van der Waals surface area contributed by atoms with Gasteiger partial charge in [0.25, 0.3) is 5.62 Å². The van der Waals surface area contributed by atoms with E-state index in [1.165, 1.54) is 4.52 Å². The molecule has 1 atom stereocenters. The molecule has 0 spiro atoms. The number of aromatic hydroxyl groups is 1. The molecule has 3 heterocycles. The van der Waals surface area contributed by atoms with Crippen molar-refractivity contribution < 1.29 is 10.2 Å². The Morgan fingerprint density at radius 3 is 2.79 bits per heavy atom. The predicted molar refractivity (Wildman–Crippen MR) is 101 cm³/mol. The number of aliphatic hydroxyl groups excluding tert-OH is 1. The average Bonchev–Trinajstić information content (AvgIpc) is 3.28. The predicted octanol–water partition coefficient (Wildman–Crippen LogP) is -1.11.